The first-order chi connectivity index (χ1) is 11.3. The Morgan fingerprint density at radius 2 is 2.08 bits per heavy atom. The van der Waals surface area contributed by atoms with Gasteiger partial charge in [0.25, 0.3) is 0 Å². The van der Waals surface area contributed by atoms with Gasteiger partial charge in [-0.05, 0) is 70.1 Å². The standard InChI is InChI=1S/C19H25N3O2.CH4/c1-11-7-8-15-16(9-11)22(12-5-4-6-12)18(20-15)21-17(23)13-10-14(13)19(2,3)24;/h7-9,12-14,24H,4-6,10H2,1-3H3,(H,20,21,23);1H4/t13-,14-;/m0./s1. The number of benzene rings is 1. The van der Waals surface area contributed by atoms with Gasteiger partial charge >= 0.3 is 0 Å². The van der Waals surface area contributed by atoms with Crippen molar-refractivity contribution in [3.63, 3.8) is 0 Å². The molecule has 0 spiro atoms. The van der Waals surface area contributed by atoms with Gasteiger partial charge in [0.2, 0.25) is 11.9 Å². The van der Waals surface area contributed by atoms with E-state index >= 15 is 0 Å². The summed E-state index contributed by atoms with van der Waals surface area (Å²) in [5, 5.41) is 13.1. The van der Waals surface area contributed by atoms with Crippen LogP contribution in [0.25, 0.3) is 11.0 Å². The number of nitrogens with zero attached hydrogens (tertiary/aromatic N) is 2. The number of rotatable bonds is 4. The fourth-order valence-electron chi connectivity index (χ4n) is 3.77. The Hall–Kier alpha value is -1.88. The van der Waals surface area contributed by atoms with Gasteiger partial charge in [-0.1, -0.05) is 13.5 Å². The van der Waals surface area contributed by atoms with Gasteiger partial charge in [-0.15, -0.1) is 0 Å². The molecule has 2 N–H and O–H groups in total. The molecular formula is C20H29N3O2. The lowest BCUT2D eigenvalue weighted by Crippen LogP contribution is -2.27. The Bertz CT molecular complexity index is 799. The number of imidazole rings is 1. The third kappa shape index (κ3) is 3.17. The molecule has 5 nitrogen and oxygen atoms in total. The van der Waals surface area contributed by atoms with Crippen LogP contribution in [0.4, 0.5) is 5.95 Å². The molecule has 0 unspecified atom stereocenters. The number of fused-ring (bicyclic) bond motifs is 1. The molecule has 1 amide bonds. The third-order valence-electron chi connectivity index (χ3n) is 5.55. The first kappa shape index (κ1) is 17.9. The van der Waals surface area contributed by atoms with Gasteiger partial charge in [-0.25, -0.2) is 4.98 Å². The van der Waals surface area contributed by atoms with Crippen LogP contribution < -0.4 is 5.32 Å². The molecule has 2 saturated carbocycles. The largest absolute Gasteiger partial charge is 0.390 e. The van der Waals surface area contributed by atoms with Crippen molar-refractivity contribution in [3.8, 4) is 0 Å². The highest BCUT2D eigenvalue weighted by atomic mass is 16.3. The van der Waals surface area contributed by atoms with Crippen molar-refractivity contribution in [1.82, 2.24) is 9.55 Å². The van der Waals surface area contributed by atoms with E-state index in [1.54, 1.807) is 13.8 Å². The number of carbonyl (C=O) groups is 1. The van der Waals surface area contributed by atoms with E-state index in [1.807, 2.05) is 6.07 Å². The highest BCUT2D eigenvalue weighted by molar-refractivity contribution is 5.95. The number of aliphatic hydroxyl groups is 1. The maximum Gasteiger partial charge on any atom is 0.230 e. The minimum atomic E-state index is -0.798. The molecule has 5 heteroatoms. The molecule has 1 heterocycles. The molecule has 1 aromatic heterocycles. The van der Waals surface area contributed by atoms with Gasteiger partial charge in [0.1, 0.15) is 0 Å². The summed E-state index contributed by atoms with van der Waals surface area (Å²) in [6.07, 6.45) is 4.25. The molecule has 25 heavy (non-hydrogen) atoms. The molecule has 2 atom stereocenters. The van der Waals surface area contributed by atoms with Crippen molar-refractivity contribution in [2.24, 2.45) is 11.8 Å². The van der Waals surface area contributed by atoms with Crippen LogP contribution >= 0.6 is 0 Å². The van der Waals surface area contributed by atoms with Crippen LogP contribution in [-0.2, 0) is 4.79 Å². The van der Waals surface area contributed by atoms with Gasteiger partial charge < -0.3 is 9.67 Å². The number of nitrogens with one attached hydrogen (secondary N) is 1. The zero-order valence-corrected chi connectivity index (χ0v) is 14.5. The van der Waals surface area contributed by atoms with Crippen molar-refractivity contribution in [1.29, 1.82) is 0 Å². The molecule has 2 fully saturated rings. The normalized spacial score (nSPS) is 23.0. The number of hydrogen-bond donors (Lipinski definition) is 2. The molecule has 0 aliphatic heterocycles. The molecule has 2 aromatic rings. The fourth-order valence-corrected chi connectivity index (χ4v) is 3.77. The van der Waals surface area contributed by atoms with Crippen LogP contribution in [0.5, 0.6) is 0 Å². The van der Waals surface area contributed by atoms with E-state index in [1.165, 1.54) is 12.0 Å². The fraction of sp³-hybridized carbons (Fsp3) is 0.600. The third-order valence-corrected chi connectivity index (χ3v) is 5.55. The molecule has 4 rings (SSSR count). The lowest BCUT2D eigenvalue weighted by molar-refractivity contribution is -0.118. The van der Waals surface area contributed by atoms with E-state index in [0.29, 0.717) is 12.0 Å². The van der Waals surface area contributed by atoms with E-state index in [4.69, 9.17) is 0 Å². The smallest absolute Gasteiger partial charge is 0.230 e. The van der Waals surface area contributed by atoms with E-state index < -0.39 is 5.60 Å². The topological polar surface area (TPSA) is 67.2 Å². The molecular weight excluding hydrogens is 314 g/mol. The lowest BCUT2D eigenvalue weighted by atomic mass is 9.92. The van der Waals surface area contributed by atoms with Gasteiger partial charge in [0.05, 0.1) is 16.6 Å². The van der Waals surface area contributed by atoms with Crippen molar-refractivity contribution in [3.05, 3.63) is 23.8 Å². The van der Waals surface area contributed by atoms with Crippen LogP contribution in [0.3, 0.4) is 0 Å². The van der Waals surface area contributed by atoms with Crippen molar-refractivity contribution < 1.29 is 9.90 Å². The van der Waals surface area contributed by atoms with Crippen molar-refractivity contribution >= 4 is 22.9 Å². The second-order valence-corrected chi connectivity index (χ2v) is 7.97. The van der Waals surface area contributed by atoms with Gasteiger partial charge in [0.15, 0.2) is 0 Å². The minimum Gasteiger partial charge on any atom is -0.390 e. The number of aryl methyl sites for hydroxylation is 1. The first-order valence-electron chi connectivity index (χ1n) is 8.86. The zero-order chi connectivity index (χ0) is 17.1. The minimum absolute atomic E-state index is 0. The Labute approximate surface area is 149 Å². The number of amides is 1. The number of aromatic nitrogens is 2. The lowest BCUT2D eigenvalue weighted by Gasteiger charge is -2.29. The summed E-state index contributed by atoms with van der Waals surface area (Å²) >= 11 is 0. The van der Waals surface area contributed by atoms with Crippen LogP contribution in [0, 0.1) is 18.8 Å². The van der Waals surface area contributed by atoms with Gasteiger partial charge in [-0.3, -0.25) is 10.1 Å². The number of anilines is 1. The summed E-state index contributed by atoms with van der Waals surface area (Å²) in [5.41, 5.74) is 2.43. The average Bonchev–Trinajstić information content (AvgIpc) is 3.19. The van der Waals surface area contributed by atoms with Crippen molar-refractivity contribution in [2.45, 2.75) is 65.5 Å². The summed E-state index contributed by atoms with van der Waals surface area (Å²) in [6, 6.07) is 6.65. The van der Waals surface area contributed by atoms with Gasteiger partial charge in [-0.2, -0.15) is 0 Å². The average molecular weight is 343 g/mol. The highest BCUT2D eigenvalue weighted by Crippen LogP contribution is 2.47. The Balaban J connectivity index is 0.00000182. The highest BCUT2D eigenvalue weighted by Gasteiger charge is 2.51. The number of carbonyl (C=O) groups excluding carboxylic acids is 1. The molecule has 0 bridgehead atoms. The van der Waals surface area contributed by atoms with Crippen LogP contribution in [0.2, 0.25) is 0 Å². The maximum atomic E-state index is 12.6. The molecule has 2 aliphatic rings. The SMILES string of the molecule is C.Cc1ccc2nc(NC(=O)[C@H]3C[C@@H]3C(C)(C)O)n(C3CCC3)c2c1. The molecule has 1 aromatic carbocycles. The molecule has 2 aliphatic carbocycles. The monoisotopic (exact) mass is 343 g/mol. The van der Waals surface area contributed by atoms with Gasteiger partial charge in [0, 0.05) is 12.0 Å². The summed E-state index contributed by atoms with van der Waals surface area (Å²) in [5.74, 6) is 0.573. The second kappa shape index (κ2) is 6.13. The second-order valence-electron chi connectivity index (χ2n) is 7.97. The van der Waals surface area contributed by atoms with Crippen LogP contribution in [-0.4, -0.2) is 26.2 Å². The van der Waals surface area contributed by atoms with E-state index in [-0.39, 0.29) is 25.2 Å². The van der Waals surface area contributed by atoms with E-state index in [2.05, 4.69) is 33.9 Å². The van der Waals surface area contributed by atoms with Crippen molar-refractivity contribution in [2.75, 3.05) is 5.32 Å². The van der Waals surface area contributed by atoms with Crippen LogP contribution in [0.15, 0.2) is 18.2 Å². The zero-order valence-electron chi connectivity index (χ0n) is 14.5. The van der Waals surface area contributed by atoms with E-state index in [0.717, 1.165) is 30.3 Å². The number of hydrogen-bond acceptors (Lipinski definition) is 3. The first-order valence-corrected chi connectivity index (χ1v) is 8.86. The maximum absolute atomic E-state index is 12.6. The summed E-state index contributed by atoms with van der Waals surface area (Å²) in [7, 11) is 0. The Morgan fingerprint density at radius 3 is 2.64 bits per heavy atom. The summed E-state index contributed by atoms with van der Waals surface area (Å²) < 4.78 is 2.20. The predicted molar refractivity (Wildman–Crippen MR) is 101 cm³/mol. The summed E-state index contributed by atoms with van der Waals surface area (Å²) in [6.45, 7) is 5.63. The Morgan fingerprint density at radius 1 is 1.36 bits per heavy atom. The Kier molecular flexibility index (Phi) is 4.40. The summed E-state index contributed by atoms with van der Waals surface area (Å²) in [4.78, 5) is 17.2. The molecule has 0 radical (unpaired) electrons. The van der Waals surface area contributed by atoms with E-state index in [9.17, 15) is 9.90 Å². The van der Waals surface area contributed by atoms with Crippen LogP contribution in [0.1, 0.15) is 58.6 Å². The molecule has 136 valence electrons. The quantitative estimate of drug-likeness (QED) is 0.880. The molecule has 0 saturated heterocycles. The predicted octanol–water partition coefficient (Wildman–Crippen LogP) is 4.05.